The Hall–Kier alpha value is -3.06. The van der Waals surface area contributed by atoms with E-state index in [1.54, 1.807) is 19.4 Å². The van der Waals surface area contributed by atoms with E-state index in [4.69, 9.17) is 13.7 Å². The van der Waals surface area contributed by atoms with Gasteiger partial charge in [-0.2, -0.15) is 0 Å². The summed E-state index contributed by atoms with van der Waals surface area (Å²) >= 11 is 0. The highest BCUT2D eigenvalue weighted by Crippen LogP contribution is 2.26. The molecule has 1 aliphatic rings. The Morgan fingerprint density at radius 1 is 1.25 bits per heavy atom. The molecule has 0 bridgehead atoms. The van der Waals surface area contributed by atoms with Gasteiger partial charge in [0.25, 0.3) is 5.91 Å². The molecule has 1 atom stereocenters. The van der Waals surface area contributed by atoms with Gasteiger partial charge in [0.05, 0.1) is 19.4 Å². The van der Waals surface area contributed by atoms with Crippen molar-refractivity contribution >= 4 is 5.91 Å². The highest BCUT2D eigenvalue weighted by atomic mass is 16.5. The van der Waals surface area contributed by atoms with Crippen LogP contribution in [0.25, 0.3) is 11.3 Å². The standard InChI is InChI=1S/C21H23N3O4/c1-26-16-8-6-15(7-9-16)20-13-17(23-28-20)21(25)22-14-18(19-5-4-12-27-19)24-10-2-3-11-24/h4-9,12-13,18H,2-3,10-11,14H2,1H3,(H,22,25)/t18-/m0/s1. The SMILES string of the molecule is COc1ccc(-c2cc(C(=O)NC[C@@H](c3ccco3)N3CCCC3)no2)cc1. The van der Waals surface area contributed by atoms with E-state index in [1.807, 2.05) is 36.4 Å². The number of benzene rings is 1. The van der Waals surface area contributed by atoms with Gasteiger partial charge in [0.15, 0.2) is 11.5 Å². The van der Waals surface area contributed by atoms with Gasteiger partial charge in [-0.15, -0.1) is 0 Å². The summed E-state index contributed by atoms with van der Waals surface area (Å²) in [7, 11) is 1.62. The van der Waals surface area contributed by atoms with Crippen LogP contribution in [-0.2, 0) is 0 Å². The van der Waals surface area contributed by atoms with Crippen LogP contribution in [0.2, 0.25) is 0 Å². The molecule has 1 aliphatic heterocycles. The number of ether oxygens (including phenoxy) is 1. The van der Waals surface area contributed by atoms with Crippen molar-refractivity contribution in [1.82, 2.24) is 15.4 Å². The molecule has 3 aromatic rings. The van der Waals surface area contributed by atoms with E-state index >= 15 is 0 Å². The molecule has 0 unspecified atom stereocenters. The molecule has 1 N–H and O–H groups in total. The van der Waals surface area contributed by atoms with Crippen LogP contribution in [0.3, 0.4) is 0 Å². The van der Waals surface area contributed by atoms with E-state index in [0.29, 0.717) is 12.3 Å². The molecule has 2 aromatic heterocycles. The van der Waals surface area contributed by atoms with Crippen molar-refractivity contribution in [3.05, 3.63) is 60.2 Å². The second-order valence-corrected chi connectivity index (χ2v) is 6.79. The minimum absolute atomic E-state index is 0.0226. The normalized spacial score (nSPS) is 15.5. The van der Waals surface area contributed by atoms with E-state index < -0.39 is 0 Å². The topological polar surface area (TPSA) is 80.7 Å². The Bertz CT molecular complexity index is 896. The van der Waals surface area contributed by atoms with Crippen molar-refractivity contribution in [2.45, 2.75) is 18.9 Å². The lowest BCUT2D eigenvalue weighted by molar-refractivity contribution is 0.0925. The molecule has 0 saturated carbocycles. The van der Waals surface area contributed by atoms with Crippen molar-refractivity contribution < 1.29 is 18.5 Å². The van der Waals surface area contributed by atoms with Crippen LogP contribution in [0.4, 0.5) is 0 Å². The minimum Gasteiger partial charge on any atom is -0.497 e. The third-order valence-electron chi connectivity index (χ3n) is 5.03. The molecule has 0 spiro atoms. The van der Waals surface area contributed by atoms with Crippen LogP contribution in [-0.4, -0.2) is 42.7 Å². The average molecular weight is 381 g/mol. The minimum atomic E-state index is -0.265. The number of amides is 1. The summed E-state index contributed by atoms with van der Waals surface area (Å²) in [6, 6.07) is 12.9. The summed E-state index contributed by atoms with van der Waals surface area (Å²) in [5, 5.41) is 6.88. The number of hydrogen-bond donors (Lipinski definition) is 1. The largest absolute Gasteiger partial charge is 0.497 e. The zero-order valence-electron chi connectivity index (χ0n) is 15.8. The van der Waals surface area contributed by atoms with Gasteiger partial charge >= 0.3 is 0 Å². The number of nitrogens with zero attached hydrogens (tertiary/aromatic N) is 2. The molecule has 1 amide bonds. The van der Waals surface area contributed by atoms with Crippen molar-refractivity contribution in [3.8, 4) is 17.1 Å². The van der Waals surface area contributed by atoms with Crippen LogP contribution in [0.1, 0.15) is 35.1 Å². The van der Waals surface area contributed by atoms with Gasteiger partial charge in [0, 0.05) is 18.2 Å². The Kier molecular flexibility index (Phi) is 5.43. The summed E-state index contributed by atoms with van der Waals surface area (Å²) in [4.78, 5) is 14.9. The molecule has 0 aliphatic carbocycles. The third kappa shape index (κ3) is 3.94. The molecule has 1 fully saturated rings. The van der Waals surface area contributed by atoms with Gasteiger partial charge in [0.1, 0.15) is 11.5 Å². The van der Waals surface area contributed by atoms with Gasteiger partial charge in [-0.3, -0.25) is 9.69 Å². The van der Waals surface area contributed by atoms with Gasteiger partial charge in [-0.05, 0) is 62.3 Å². The lowest BCUT2D eigenvalue weighted by Gasteiger charge is -2.25. The van der Waals surface area contributed by atoms with Gasteiger partial charge in [-0.1, -0.05) is 5.16 Å². The number of likely N-dealkylation sites (tertiary alicyclic amines) is 1. The average Bonchev–Trinajstić information content (AvgIpc) is 3.50. The van der Waals surface area contributed by atoms with Gasteiger partial charge in [0.2, 0.25) is 0 Å². The number of carbonyl (C=O) groups excluding carboxylic acids is 1. The molecule has 7 heteroatoms. The quantitative estimate of drug-likeness (QED) is 0.675. The number of rotatable bonds is 7. The van der Waals surface area contributed by atoms with Crippen molar-refractivity contribution in [2.75, 3.05) is 26.7 Å². The number of nitrogens with one attached hydrogen (secondary N) is 1. The fraction of sp³-hybridized carbons (Fsp3) is 0.333. The second kappa shape index (κ2) is 8.31. The van der Waals surface area contributed by atoms with Crippen molar-refractivity contribution in [3.63, 3.8) is 0 Å². The summed E-state index contributed by atoms with van der Waals surface area (Å²) in [6.45, 7) is 2.47. The predicted molar refractivity (Wildman–Crippen MR) is 103 cm³/mol. The molecular formula is C21H23N3O4. The Balaban J connectivity index is 1.42. The van der Waals surface area contributed by atoms with Gasteiger partial charge < -0.3 is 19.0 Å². The number of furan rings is 1. The summed E-state index contributed by atoms with van der Waals surface area (Å²) in [5.41, 5.74) is 1.09. The monoisotopic (exact) mass is 381 g/mol. The Labute approximate surface area is 163 Å². The highest BCUT2D eigenvalue weighted by molar-refractivity contribution is 5.93. The van der Waals surface area contributed by atoms with E-state index in [0.717, 1.165) is 30.2 Å². The fourth-order valence-electron chi connectivity index (χ4n) is 3.50. The van der Waals surface area contributed by atoms with Crippen LogP contribution < -0.4 is 10.1 Å². The molecule has 1 saturated heterocycles. The highest BCUT2D eigenvalue weighted by Gasteiger charge is 2.26. The summed E-state index contributed by atoms with van der Waals surface area (Å²) < 4.78 is 16.1. The maximum absolute atomic E-state index is 12.6. The lowest BCUT2D eigenvalue weighted by Crippen LogP contribution is -2.36. The molecule has 146 valence electrons. The third-order valence-corrected chi connectivity index (χ3v) is 5.03. The molecule has 7 nitrogen and oxygen atoms in total. The summed E-state index contributed by atoms with van der Waals surface area (Å²) in [6.07, 6.45) is 4.00. The first kappa shape index (κ1) is 18.3. The molecule has 28 heavy (non-hydrogen) atoms. The fourth-order valence-corrected chi connectivity index (χ4v) is 3.50. The zero-order chi connectivity index (χ0) is 19.3. The van der Waals surface area contributed by atoms with Gasteiger partial charge in [-0.25, -0.2) is 0 Å². The van der Waals surface area contributed by atoms with Crippen LogP contribution in [0.15, 0.2) is 57.7 Å². The number of hydrogen-bond acceptors (Lipinski definition) is 6. The first-order valence-electron chi connectivity index (χ1n) is 9.41. The Morgan fingerprint density at radius 3 is 2.71 bits per heavy atom. The molecule has 3 heterocycles. The van der Waals surface area contributed by atoms with Crippen LogP contribution in [0.5, 0.6) is 5.75 Å². The molecule has 1 aromatic carbocycles. The van der Waals surface area contributed by atoms with Crippen LogP contribution >= 0.6 is 0 Å². The second-order valence-electron chi connectivity index (χ2n) is 6.79. The first-order chi connectivity index (χ1) is 13.7. The maximum Gasteiger partial charge on any atom is 0.273 e. The van der Waals surface area contributed by atoms with E-state index in [9.17, 15) is 4.79 Å². The smallest absolute Gasteiger partial charge is 0.273 e. The van der Waals surface area contributed by atoms with E-state index in [2.05, 4.69) is 15.4 Å². The van der Waals surface area contributed by atoms with Crippen LogP contribution in [0, 0.1) is 0 Å². The summed E-state index contributed by atoms with van der Waals surface area (Å²) in [5.74, 6) is 1.89. The predicted octanol–water partition coefficient (Wildman–Crippen LogP) is 3.51. The number of methoxy groups -OCH3 is 1. The molecular weight excluding hydrogens is 358 g/mol. The molecule has 0 radical (unpaired) electrons. The number of aromatic nitrogens is 1. The van der Waals surface area contributed by atoms with Crippen molar-refractivity contribution in [1.29, 1.82) is 0 Å². The first-order valence-corrected chi connectivity index (χ1v) is 9.41. The number of carbonyl (C=O) groups is 1. The van der Waals surface area contributed by atoms with E-state index in [1.165, 1.54) is 12.8 Å². The maximum atomic E-state index is 12.6. The lowest BCUT2D eigenvalue weighted by atomic mass is 10.1. The zero-order valence-corrected chi connectivity index (χ0v) is 15.8. The molecule has 4 rings (SSSR count). The van der Waals surface area contributed by atoms with Crippen molar-refractivity contribution in [2.24, 2.45) is 0 Å². The van der Waals surface area contributed by atoms with E-state index in [-0.39, 0.29) is 17.6 Å². The Morgan fingerprint density at radius 2 is 2.04 bits per heavy atom.